The number of methoxy groups -OCH3 is 3. The van der Waals surface area contributed by atoms with Gasteiger partial charge in [-0.3, -0.25) is 13.9 Å². The van der Waals surface area contributed by atoms with Crippen molar-refractivity contribution in [1.82, 2.24) is 10.2 Å². The highest BCUT2D eigenvalue weighted by Gasteiger charge is 2.34. The summed E-state index contributed by atoms with van der Waals surface area (Å²) in [5, 5.41) is 2.69. The molecule has 0 saturated carbocycles. The van der Waals surface area contributed by atoms with Gasteiger partial charge in [-0.25, -0.2) is 12.8 Å². The van der Waals surface area contributed by atoms with E-state index in [4.69, 9.17) is 25.8 Å². The van der Waals surface area contributed by atoms with E-state index in [1.807, 2.05) is 0 Å². The number of hydrogen-bond acceptors (Lipinski definition) is 7. The predicted octanol–water partition coefficient (Wildman–Crippen LogP) is 3.86. The molecular weight excluding hydrogens is 577 g/mol. The molecule has 0 fully saturated rings. The first-order valence-electron chi connectivity index (χ1n) is 12.3. The van der Waals surface area contributed by atoms with E-state index in [1.165, 1.54) is 101 Å². The van der Waals surface area contributed by atoms with Gasteiger partial charge in [0.2, 0.25) is 11.8 Å². The van der Waals surface area contributed by atoms with E-state index in [-0.39, 0.29) is 33.6 Å². The van der Waals surface area contributed by atoms with Crippen molar-refractivity contribution in [2.45, 2.75) is 24.4 Å². The van der Waals surface area contributed by atoms with Crippen LogP contribution in [-0.2, 0) is 26.2 Å². The summed E-state index contributed by atoms with van der Waals surface area (Å²) in [4.78, 5) is 27.5. The van der Waals surface area contributed by atoms with Crippen molar-refractivity contribution in [3.8, 4) is 17.2 Å². The number of carbonyl (C=O) groups is 2. The number of halogens is 2. The van der Waals surface area contributed by atoms with Crippen LogP contribution in [-0.4, -0.2) is 66.1 Å². The van der Waals surface area contributed by atoms with Crippen molar-refractivity contribution in [3.63, 3.8) is 0 Å². The summed E-state index contributed by atoms with van der Waals surface area (Å²) in [5.74, 6) is -1.06. The fourth-order valence-electron chi connectivity index (χ4n) is 4.05. The first kappa shape index (κ1) is 31.5. The second-order valence-electron chi connectivity index (χ2n) is 8.78. The van der Waals surface area contributed by atoms with Gasteiger partial charge in [0.25, 0.3) is 10.0 Å². The lowest BCUT2D eigenvalue weighted by atomic mass is 10.1. The summed E-state index contributed by atoms with van der Waals surface area (Å²) in [7, 11) is 1.09. The summed E-state index contributed by atoms with van der Waals surface area (Å²) in [6.45, 7) is 0.688. The summed E-state index contributed by atoms with van der Waals surface area (Å²) in [5.41, 5.74) is 0.530. The monoisotopic (exact) mass is 607 g/mol. The van der Waals surface area contributed by atoms with Gasteiger partial charge < -0.3 is 24.4 Å². The number of hydrogen-bond donors (Lipinski definition) is 1. The topological polar surface area (TPSA) is 114 Å². The second kappa shape index (κ2) is 13.6. The van der Waals surface area contributed by atoms with Crippen molar-refractivity contribution in [1.29, 1.82) is 0 Å². The van der Waals surface area contributed by atoms with Crippen LogP contribution in [0.1, 0.15) is 12.5 Å². The van der Waals surface area contributed by atoms with Gasteiger partial charge in [0, 0.05) is 24.7 Å². The summed E-state index contributed by atoms with van der Waals surface area (Å²) in [6, 6.07) is 12.8. The fraction of sp³-hybridized carbons (Fsp3) is 0.286. The molecule has 0 radical (unpaired) electrons. The Balaban J connectivity index is 2.14. The Morgan fingerprint density at radius 2 is 1.54 bits per heavy atom. The Bertz CT molecular complexity index is 1500. The first-order valence-corrected chi connectivity index (χ1v) is 14.1. The van der Waals surface area contributed by atoms with E-state index in [1.54, 1.807) is 0 Å². The highest BCUT2D eigenvalue weighted by molar-refractivity contribution is 7.92. The van der Waals surface area contributed by atoms with E-state index in [0.29, 0.717) is 11.3 Å². The quantitative estimate of drug-likeness (QED) is 0.332. The average Bonchev–Trinajstić information content (AvgIpc) is 2.98. The molecule has 2 amide bonds. The molecule has 0 aliphatic heterocycles. The molecule has 3 aromatic rings. The van der Waals surface area contributed by atoms with Crippen molar-refractivity contribution in [3.05, 3.63) is 77.1 Å². The molecule has 0 bridgehead atoms. The van der Waals surface area contributed by atoms with E-state index >= 15 is 0 Å². The lowest BCUT2D eigenvalue weighted by Gasteiger charge is -2.32. The van der Waals surface area contributed by atoms with Crippen molar-refractivity contribution >= 4 is 39.1 Å². The molecule has 220 valence electrons. The SMILES string of the molecule is CNC(=O)C(C)N(Cc1ccc(F)cc1)C(=O)CN(c1cc(Cl)ccc1OC)S(=O)(=O)c1ccc(OC)c(OC)c1. The third-order valence-corrected chi connectivity index (χ3v) is 8.30. The van der Waals surface area contributed by atoms with Gasteiger partial charge in [-0.05, 0) is 55.0 Å². The van der Waals surface area contributed by atoms with Crippen LogP contribution in [0.25, 0.3) is 0 Å². The molecule has 1 atom stereocenters. The number of ether oxygens (including phenoxy) is 3. The van der Waals surface area contributed by atoms with Crippen LogP contribution in [0, 0.1) is 5.82 Å². The average molecular weight is 608 g/mol. The maximum Gasteiger partial charge on any atom is 0.265 e. The molecule has 0 aliphatic rings. The first-order chi connectivity index (χ1) is 19.5. The standard InChI is InChI=1S/C28H31ClFN3O7S/c1-18(28(35)31-2)32(16-19-6-9-21(30)10-7-19)27(34)17-33(23-14-20(29)8-12-24(23)38-3)41(36,37)22-11-13-25(39-4)26(15-22)40-5/h6-15,18H,16-17H2,1-5H3,(H,31,35). The zero-order chi connectivity index (χ0) is 30.3. The molecule has 0 aromatic heterocycles. The van der Waals surface area contributed by atoms with Crippen LogP contribution >= 0.6 is 11.6 Å². The molecule has 0 aliphatic carbocycles. The van der Waals surface area contributed by atoms with Crippen LogP contribution < -0.4 is 23.8 Å². The highest BCUT2D eigenvalue weighted by Crippen LogP contribution is 2.37. The Kier molecular flexibility index (Phi) is 10.4. The molecule has 1 N–H and O–H groups in total. The Labute approximate surface area is 243 Å². The molecule has 1 unspecified atom stereocenters. The third-order valence-electron chi connectivity index (χ3n) is 6.31. The van der Waals surface area contributed by atoms with Crippen molar-refractivity contribution < 1.29 is 36.6 Å². The maximum atomic E-state index is 14.1. The molecule has 0 heterocycles. The molecule has 0 spiro atoms. The molecule has 41 heavy (non-hydrogen) atoms. The molecular formula is C28H31ClFN3O7S. The van der Waals surface area contributed by atoms with Crippen molar-refractivity contribution in [2.75, 3.05) is 39.2 Å². The van der Waals surface area contributed by atoms with E-state index < -0.39 is 40.2 Å². The predicted molar refractivity (Wildman–Crippen MR) is 153 cm³/mol. The minimum atomic E-state index is -4.46. The van der Waals surface area contributed by atoms with Gasteiger partial charge in [0.05, 0.1) is 31.9 Å². The zero-order valence-corrected chi connectivity index (χ0v) is 24.8. The fourth-order valence-corrected chi connectivity index (χ4v) is 5.65. The van der Waals surface area contributed by atoms with Crippen LogP contribution in [0.4, 0.5) is 10.1 Å². The summed E-state index contributed by atoms with van der Waals surface area (Å²) >= 11 is 6.24. The number of rotatable bonds is 12. The molecule has 3 aromatic carbocycles. The van der Waals surface area contributed by atoms with Crippen LogP contribution in [0.15, 0.2) is 65.6 Å². The zero-order valence-electron chi connectivity index (χ0n) is 23.2. The minimum Gasteiger partial charge on any atom is -0.495 e. The highest BCUT2D eigenvalue weighted by atomic mass is 35.5. The van der Waals surface area contributed by atoms with Crippen LogP contribution in [0.3, 0.4) is 0 Å². The van der Waals surface area contributed by atoms with Gasteiger partial charge in [-0.1, -0.05) is 23.7 Å². The number of benzene rings is 3. The molecule has 3 rings (SSSR count). The second-order valence-corrected chi connectivity index (χ2v) is 11.1. The smallest absolute Gasteiger partial charge is 0.265 e. The lowest BCUT2D eigenvalue weighted by Crippen LogP contribution is -2.50. The van der Waals surface area contributed by atoms with Crippen LogP contribution in [0.5, 0.6) is 17.2 Å². The largest absolute Gasteiger partial charge is 0.495 e. The normalized spacial score (nSPS) is 11.8. The summed E-state index contributed by atoms with van der Waals surface area (Å²) < 4.78 is 58.6. The maximum absolute atomic E-state index is 14.1. The number of amides is 2. The third kappa shape index (κ3) is 7.19. The minimum absolute atomic E-state index is 0.00235. The Morgan fingerprint density at radius 1 is 0.927 bits per heavy atom. The van der Waals surface area contributed by atoms with Crippen molar-refractivity contribution in [2.24, 2.45) is 0 Å². The van der Waals surface area contributed by atoms with Gasteiger partial charge in [0.15, 0.2) is 11.5 Å². The van der Waals surface area contributed by atoms with E-state index in [9.17, 15) is 22.4 Å². The number of nitrogens with zero attached hydrogens (tertiary/aromatic N) is 2. The van der Waals surface area contributed by atoms with Gasteiger partial charge in [0.1, 0.15) is 24.2 Å². The Morgan fingerprint density at radius 3 is 2.12 bits per heavy atom. The lowest BCUT2D eigenvalue weighted by molar-refractivity contribution is -0.139. The Hall–Kier alpha value is -4.03. The molecule has 10 nitrogen and oxygen atoms in total. The number of anilines is 1. The van der Waals surface area contributed by atoms with E-state index in [2.05, 4.69) is 5.32 Å². The van der Waals surface area contributed by atoms with Gasteiger partial charge in [-0.15, -0.1) is 0 Å². The number of likely N-dealkylation sites (N-methyl/N-ethyl adjacent to an activating group) is 1. The molecule has 0 saturated heterocycles. The van der Waals surface area contributed by atoms with Gasteiger partial charge >= 0.3 is 0 Å². The number of carbonyl (C=O) groups excluding carboxylic acids is 2. The molecule has 13 heteroatoms. The number of sulfonamides is 1. The van der Waals surface area contributed by atoms with E-state index in [0.717, 1.165) is 4.31 Å². The summed E-state index contributed by atoms with van der Waals surface area (Å²) in [6.07, 6.45) is 0. The number of nitrogens with one attached hydrogen (secondary N) is 1. The van der Waals surface area contributed by atoms with Gasteiger partial charge in [-0.2, -0.15) is 0 Å². The van der Waals surface area contributed by atoms with Crippen LogP contribution in [0.2, 0.25) is 5.02 Å².